The quantitative estimate of drug-likeness (QED) is 0.0953. The van der Waals surface area contributed by atoms with Crippen LogP contribution in [-0.4, -0.2) is 63.0 Å². The normalized spacial score (nSPS) is 29.7. The van der Waals surface area contributed by atoms with Gasteiger partial charge in [0.05, 0.1) is 23.7 Å². The van der Waals surface area contributed by atoms with Crippen molar-refractivity contribution in [3.63, 3.8) is 0 Å². The number of fused-ring (bicyclic) bond motifs is 10. The number of Topliss-reactive ketones (excluding diaryl/α,β-unsaturated/α-hetero) is 1. The molecule has 4 aliphatic carbocycles. The van der Waals surface area contributed by atoms with Crippen LogP contribution in [0.25, 0.3) is 0 Å². The highest BCUT2D eigenvalue weighted by atomic mass is 35.5. The minimum atomic E-state index is -4.90. The number of ketones is 1. The number of rotatable bonds is 9. The van der Waals surface area contributed by atoms with Gasteiger partial charge in [-0.3, -0.25) is 14.4 Å². The first-order valence-electron chi connectivity index (χ1n) is 21.0. The van der Waals surface area contributed by atoms with Crippen molar-refractivity contribution < 1.29 is 51.6 Å². The molecule has 6 atom stereocenters. The summed E-state index contributed by atoms with van der Waals surface area (Å²) in [4.78, 5) is 44.6. The van der Waals surface area contributed by atoms with Gasteiger partial charge in [0, 0.05) is 39.9 Å². The van der Waals surface area contributed by atoms with E-state index in [-0.39, 0.29) is 48.7 Å². The van der Waals surface area contributed by atoms with Crippen LogP contribution in [0.5, 0.6) is 5.75 Å². The van der Waals surface area contributed by atoms with Crippen LogP contribution < -0.4 is 4.74 Å². The third-order valence-corrected chi connectivity index (χ3v) is 15.4. The summed E-state index contributed by atoms with van der Waals surface area (Å²) in [5.41, 5.74) is -2.67. The van der Waals surface area contributed by atoms with Crippen molar-refractivity contribution in [3.05, 3.63) is 111 Å². The number of esters is 1. The molecule has 4 bridgehead atoms. The summed E-state index contributed by atoms with van der Waals surface area (Å²) in [6.45, 7) is 9.11. The number of allylic oxidation sites excluding steroid dienone is 2. The lowest BCUT2D eigenvalue weighted by Gasteiger charge is -2.47. The summed E-state index contributed by atoms with van der Waals surface area (Å²) >= 11 is 6.40. The number of carbonyl (C=O) groups is 3. The van der Waals surface area contributed by atoms with Crippen molar-refractivity contribution in [2.45, 2.75) is 135 Å². The van der Waals surface area contributed by atoms with Crippen LogP contribution in [0.2, 0.25) is 5.02 Å². The minimum absolute atomic E-state index is 0.0661. The van der Waals surface area contributed by atoms with Crippen LogP contribution in [0.15, 0.2) is 72.3 Å². The summed E-state index contributed by atoms with van der Waals surface area (Å²) < 4.78 is 64.4. The molecule has 0 spiro atoms. The second-order valence-electron chi connectivity index (χ2n) is 18.8. The number of halogens is 5. The van der Waals surface area contributed by atoms with Gasteiger partial charge in [-0.15, -0.1) is 13.2 Å². The smallest absolute Gasteiger partial charge is 0.448 e. The molecule has 3 aromatic rings. The Bertz CT molecular complexity index is 2220. The van der Waals surface area contributed by atoms with Crippen LogP contribution in [0.4, 0.5) is 17.6 Å². The summed E-state index contributed by atoms with van der Waals surface area (Å²) in [6, 6.07) is 15.0. The number of nitrogens with zero attached hydrogens (tertiary/aromatic N) is 1. The molecule has 1 amide bonds. The average Bonchev–Trinajstić information content (AvgIpc) is 3.62. The molecule has 1 saturated heterocycles. The molecule has 0 radical (unpaired) electrons. The summed E-state index contributed by atoms with van der Waals surface area (Å²) in [6.07, 6.45) is -0.110. The topological polar surface area (TPSA) is 113 Å². The molecule has 328 valence electrons. The van der Waals surface area contributed by atoms with Gasteiger partial charge < -0.3 is 24.6 Å². The standard InChI is InChI=1S/C48H54ClF4NO7/c1-29-8-7-20-44(4)37(34-18-14-31(24-32(55)15-11-29)25-35(34)40(56)26-36-38(49)9-6-10-39(36)50)19-21-46(44,59)28-54(27-30-12-16-33(17-13-30)60-48(51,52)53)41(57)47-23-22-45(5,42(58)61-47)43(47,2)3/h6,8-10,12-14,16-18,25,32,37,55,59H,7,11,15,19-24,26-28H2,1-5H3/t32-,37-,44-,45-,46+,47+/m0/s1. The van der Waals surface area contributed by atoms with Gasteiger partial charge in [-0.2, -0.15) is 0 Å². The molecule has 13 heteroatoms. The Morgan fingerprint density at radius 2 is 1.70 bits per heavy atom. The molecule has 8 nitrogen and oxygen atoms in total. The van der Waals surface area contributed by atoms with Crippen molar-refractivity contribution in [3.8, 4) is 5.75 Å². The summed E-state index contributed by atoms with van der Waals surface area (Å²) in [7, 11) is 0. The largest absolute Gasteiger partial charge is 0.573 e. The van der Waals surface area contributed by atoms with E-state index in [9.17, 15) is 33.0 Å². The Balaban J connectivity index is 1.31. The van der Waals surface area contributed by atoms with Crippen molar-refractivity contribution in [1.82, 2.24) is 4.90 Å². The third-order valence-electron chi connectivity index (χ3n) is 15.1. The van der Waals surface area contributed by atoms with Crippen LogP contribution in [0.3, 0.4) is 0 Å². The molecule has 61 heavy (non-hydrogen) atoms. The Kier molecular flexibility index (Phi) is 11.8. The van der Waals surface area contributed by atoms with E-state index in [0.717, 1.165) is 11.1 Å². The molecule has 2 N–H and O–H groups in total. The number of hydrogen-bond donors (Lipinski definition) is 2. The Morgan fingerprint density at radius 1 is 0.984 bits per heavy atom. The zero-order chi connectivity index (χ0) is 44.3. The van der Waals surface area contributed by atoms with E-state index in [0.29, 0.717) is 61.6 Å². The van der Waals surface area contributed by atoms with Gasteiger partial charge in [0.15, 0.2) is 11.4 Å². The molecule has 0 aromatic heterocycles. The van der Waals surface area contributed by atoms with E-state index < -0.39 is 69.3 Å². The Hall–Kier alpha value is -4.26. The lowest BCUT2D eigenvalue weighted by Crippen LogP contribution is -2.60. The van der Waals surface area contributed by atoms with Gasteiger partial charge in [-0.05, 0) is 125 Å². The van der Waals surface area contributed by atoms with E-state index in [1.165, 1.54) is 47.4 Å². The van der Waals surface area contributed by atoms with E-state index >= 15 is 9.18 Å². The molecular weight excluding hydrogens is 814 g/mol. The maximum Gasteiger partial charge on any atom is 0.573 e. The lowest BCUT2D eigenvalue weighted by molar-refractivity contribution is -0.274. The van der Waals surface area contributed by atoms with Crippen molar-refractivity contribution in [2.24, 2.45) is 16.2 Å². The number of carbonyl (C=O) groups excluding carboxylic acids is 3. The van der Waals surface area contributed by atoms with Crippen LogP contribution in [0.1, 0.15) is 125 Å². The van der Waals surface area contributed by atoms with Gasteiger partial charge in [0.2, 0.25) is 0 Å². The van der Waals surface area contributed by atoms with Gasteiger partial charge >= 0.3 is 12.3 Å². The number of aliphatic hydroxyl groups excluding tert-OH is 1. The van der Waals surface area contributed by atoms with Gasteiger partial charge in [-0.25, -0.2) is 4.39 Å². The first-order valence-corrected chi connectivity index (χ1v) is 21.4. The van der Waals surface area contributed by atoms with E-state index in [1.54, 1.807) is 13.0 Å². The van der Waals surface area contributed by atoms with Crippen LogP contribution >= 0.6 is 11.6 Å². The highest BCUT2D eigenvalue weighted by Gasteiger charge is 2.76. The first-order chi connectivity index (χ1) is 28.5. The molecule has 8 rings (SSSR count). The maximum absolute atomic E-state index is 15.2. The molecule has 3 fully saturated rings. The van der Waals surface area contributed by atoms with E-state index in [4.69, 9.17) is 16.3 Å². The monoisotopic (exact) mass is 867 g/mol. The van der Waals surface area contributed by atoms with E-state index in [1.807, 2.05) is 39.8 Å². The number of ether oxygens (including phenoxy) is 2. The molecule has 0 unspecified atom stereocenters. The number of aliphatic hydroxyl groups is 2. The molecule has 2 saturated carbocycles. The Labute approximate surface area is 359 Å². The second kappa shape index (κ2) is 16.1. The molecular formula is C48H54ClF4NO7. The Morgan fingerprint density at radius 3 is 2.34 bits per heavy atom. The zero-order valence-corrected chi connectivity index (χ0v) is 36.0. The fraction of sp³-hybridized carbons (Fsp3) is 0.521. The highest BCUT2D eigenvalue weighted by molar-refractivity contribution is 6.31. The number of hydrogen-bond acceptors (Lipinski definition) is 7. The molecule has 5 aliphatic rings. The van der Waals surface area contributed by atoms with E-state index in [2.05, 4.69) is 10.8 Å². The minimum Gasteiger partial charge on any atom is -0.448 e. The van der Waals surface area contributed by atoms with Crippen molar-refractivity contribution >= 4 is 29.3 Å². The lowest BCUT2D eigenvalue weighted by atomic mass is 9.64. The average molecular weight is 868 g/mol. The highest BCUT2D eigenvalue weighted by Crippen LogP contribution is 2.66. The zero-order valence-electron chi connectivity index (χ0n) is 35.3. The fourth-order valence-electron chi connectivity index (χ4n) is 10.7. The molecule has 3 aromatic carbocycles. The third kappa shape index (κ3) is 8.01. The second-order valence-corrected chi connectivity index (χ2v) is 19.2. The van der Waals surface area contributed by atoms with Crippen LogP contribution in [0, 0.1) is 22.1 Å². The predicted molar refractivity (Wildman–Crippen MR) is 221 cm³/mol. The van der Waals surface area contributed by atoms with Gasteiger partial charge in [-0.1, -0.05) is 74.4 Å². The molecule has 1 heterocycles. The van der Waals surface area contributed by atoms with Crippen molar-refractivity contribution in [1.29, 1.82) is 0 Å². The van der Waals surface area contributed by atoms with Crippen LogP contribution in [-0.2, 0) is 33.7 Å². The summed E-state index contributed by atoms with van der Waals surface area (Å²) in [5, 5.41) is 24.4. The number of alkyl halides is 3. The first kappa shape index (κ1) is 44.8. The SMILES string of the molecule is CC1=CCC[C@@]2(C)[C@@H](CC[C@@]2(O)CN(Cc2ccc(OC(F)(F)F)cc2)C(=O)[C@@]23CC[C@@](C)(C(=O)O2)C3(C)C)c2ccc(cc2C(=O)Cc2c(F)cccc2Cl)C[C@@H](O)CC1. The van der Waals surface area contributed by atoms with Crippen molar-refractivity contribution in [2.75, 3.05) is 6.54 Å². The van der Waals surface area contributed by atoms with Gasteiger partial charge in [0.25, 0.3) is 5.91 Å². The fourth-order valence-corrected chi connectivity index (χ4v) is 10.9. The van der Waals surface area contributed by atoms with Gasteiger partial charge in [0.1, 0.15) is 11.6 Å². The summed E-state index contributed by atoms with van der Waals surface area (Å²) in [5.74, 6) is -2.82. The molecule has 1 aliphatic heterocycles. The number of amides is 1. The predicted octanol–water partition coefficient (Wildman–Crippen LogP) is 9.99. The number of benzene rings is 3. The maximum atomic E-state index is 15.2.